The van der Waals surface area contributed by atoms with Crippen molar-refractivity contribution >= 4 is 5.78 Å². The average molecular weight is 639 g/mol. The van der Waals surface area contributed by atoms with Crippen molar-refractivity contribution in [1.82, 2.24) is 0 Å². The van der Waals surface area contributed by atoms with Gasteiger partial charge in [-0.25, -0.2) is 0 Å². The number of carbonyl (C=O) groups excluding carboxylic acids is 1. The molecule has 0 bridgehead atoms. The molecule has 0 heterocycles. The zero-order valence-electron chi connectivity index (χ0n) is 29.8. The van der Waals surface area contributed by atoms with Crippen LogP contribution in [-0.2, 0) is 17.6 Å². The van der Waals surface area contributed by atoms with Gasteiger partial charge in [0.15, 0.2) is 0 Å². The van der Waals surface area contributed by atoms with Crippen LogP contribution in [0.5, 0.6) is 0 Å². The molecule has 0 saturated heterocycles. The maximum Gasteiger partial charge on any atom is 0.132 e. The zero-order chi connectivity index (χ0) is 33.1. The van der Waals surface area contributed by atoms with Crippen molar-refractivity contribution in [1.29, 1.82) is 0 Å². The molecule has 0 aliphatic heterocycles. The topological polar surface area (TPSA) is 17.1 Å². The van der Waals surface area contributed by atoms with Crippen LogP contribution in [-0.4, -0.2) is 5.78 Å². The van der Waals surface area contributed by atoms with Gasteiger partial charge < -0.3 is 0 Å². The van der Waals surface area contributed by atoms with Gasteiger partial charge in [0.1, 0.15) is 5.78 Å². The predicted molar refractivity (Wildman–Crippen MR) is 205 cm³/mol. The third-order valence-electron chi connectivity index (χ3n) is 11.8. The molecule has 0 aromatic heterocycles. The van der Waals surface area contributed by atoms with Gasteiger partial charge in [-0.2, -0.15) is 0 Å². The first-order valence-corrected chi connectivity index (χ1v) is 19.5. The van der Waals surface area contributed by atoms with E-state index < -0.39 is 0 Å². The lowest BCUT2D eigenvalue weighted by molar-refractivity contribution is -0.119. The van der Waals surface area contributed by atoms with Gasteiger partial charge in [-0.05, 0) is 145 Å². The van der Waals surface area contributed by atoms with Crippen molar-refractivity contribution in [2.45, 2.75) is 128 Å². The maximum absolute atomic E-state index is 12.9. The molecule has 4 aromatic rings. The van der Waals surface area contributed by atoms with Crippen molar-refractivity contribution in [2.24, 2.45) is 11.8 Å². The van der Waals surface area contributed by atoms with Crippen LogP contribution in [0.1, 0.15) is 138 Å². The maximum atomic E-state index is 12.9. The minimum absolute atomic E-state index is 0.510. The van der Waals surface area contributed by atoms with Crippen LogP contribution in [0, 0.1) is 11.8 Å². The van der Waals surface area contributed by atoms with Gasteiger partial charge in [0.2, 0.25) is 0 Å². The summed E-state index contributed by atoms with van der Waals surface area (Å²) in [7, 11) is 0. The molecule has 1 nitrogen and oxygen atoms in total. The highest BCUT2D eigenvalue weighted by atomic mass is 16.1. The summed E-state index contributed by atoms with van der Waals surface area (Å²) in [6.07, 6.45) is 18.7. The minimum Gasteiger partial charge on any atom is -0.300 e. The fraction of sp³-hybridized carbons (Fsp3) is 0.468. The van der Waals surface area contributed by atoms with Crippen molar-refractivity contribution in [3.05, 3.63) is 119 Å². The zero-order valence-corrected chi connectivity index (χ0v) is 29.8. The number of aryl methyl sites for hydroxylation is 2. The molecule has 2 fully saturated rings. The van der Waals surface area contributed by atoms with Crippen LogP contribution >= 0.6 is 0 Å². The summed E-state index contributed by atoms with van der Waals surface area (Å²) >= 11 is 0. The molecule has 0 atom stereocenters. The molecule has 48 heavy (non-hydrogen) atoms. The fourth-order valence-electron chi connectivity index (χ4n) is 8.62. The first kappa shape index (κ1) is 34.4. The van der Waals surface area contributed by atoms with Crippen LogP contribution in [0.4, 0.5) is 0 Å². The Morgan fingerprint density at radius 1 is 0.458 bits per heavy atom. The summed E-state index contributed by atoms with van der Waals surface area (Å²) in [5, 5.41) is 0. The van der Waals surface area contributed by atoms with Crippen molar-refractivity contribution in [2.75, 3.05) is 0 Å². The van der Waals surface area contributed by atoms with Gasteiger partial charge in [0.05, 0.1) is 0 Å². The van der Waals surface area contributed by atoms with Crippen molar-refractivity contribution in [3.63, 3.8) is 0 Å². The third kappa shape index (κ3) is 9.37. The van der Waals surface area contributed by atoms with Crippen molar-refractivity contribution < 1.29 is 4.79 Å². The van der Waals surface area contributed by atoms with E-state index in [1.165, 1.54) is 109 Å². The molecule has 6 rings (SSSR count). The number of ketones is 1. The summed E-state index contributed by atoms with van der Waals surface area (Å²) in [5.74, 6) is 3.32. The molecule has 2 saturated carbocycles. The molecular weight excluding hydrogens is 581 g/mol. The van der Waals surface area contributed by atoms with E-state index in [4.69, 9.17) is 0 Å². The smallest absolute Gasteiger partial charge is 0.132 e. The van der Waals surface area contributed by atoms with Crippen LogP contribution in [0.15, 0.2) is 97.1 Å². The van der Waals surface area contributed by atoms with Gasteiger partial charge in [-0.3, -0.25) is 4.79 Å². The first-order chi connectivity index (χ1) is 23.6. The van der Waals surface area contributed by atoms with E-state index in [0.29, 0.717) is 17.6 Å². The van der Waals surface area contributed by atoms with Crippen LogP contribution in [0.25, 0.3) is 22.3 Å². The normalized spacial score (nSPS) is 21.2. The summed E-state index contributed by atoms with van der Waals surface area (Å²) < 4.78 is 0. The standard InChI is InChI=1S/C47H58O/c1-3-5-35-7-17-39(18-8-35)43-25-29-45(30-26-43)41-21-11-37(12-22-41)15-33-47(48)34-16-38-13-23-42(24-14-38)46-31-27-44(28-32-46)40-19-9-36(6-4-2)10-20-40/h7-10,17-20,25-32,37-38,41-42H,3-6,11-16,21-24,33-34H2,1-2H3/t37-,38?,41-,42?. The number of Topliss-reactive ketones (excluding diaryl/α,β-unsaturated/α-hetero) is 1. The van der Waals surface area contributed by atoms with Crippen LogP contribution < -0.4 is 0 Å². The van der Waals surface area contributed by atoms with Gasteiger partial charge in [-0.15, -0.1) is 0 Å². The second kappa shape index (κ2) is 17.3. The van der Waals surface area contributed by atoms with E-state index in [0.717, 1.165) is 50.4 Å². The quantitative estimate of drug-likeness (QED) is 0.134. The monoisotopic (exact) mass is 638 g/mol. The van der Waals surface area contributed by atoms with E-state index in [2.05, 4.69) is 111 Å². The van der Waals surface area contributed by atoms with Gasteiger partial charge in [0, 0.05) is 12.8 Å². The number of carbonyl (C=O) groups is 1. The summed E-state index contributed by atoms with van der Waals surface area (Å²) in [6, 6.07) is 36.9. The summed E-state index contributed by atoms with van der Waals surface area (Å²) in [5.41, 5.74) is 11.1. The Labute approximate surface area is 291 Å². The Morgan fingerprint density at radius 2 is 0.771 bits per heavy atom. The third-order valence-corrected chi connectivity index (χ3v) is 11.8. The largest absolute Gasteiger partial charge is 0.300 e. The second-order valence-corrected chi connectivity index (χ2v) is 15.2. The Bertz CT molecular complexity index is 1410. The molecule has 0 spiro atoms. The second-order valence-electron chi connectivity index (χ2n) is 15.2. The predicted octanol–water partition coefficient (Wildman–Crippen LogP) is 13.3. The van der Waals surface area contributed by atoms with E-state index in [1.807, 2.05) is 0 Å². The molecule has 0 unspecified atom stereocenters. The van der Waals surface area contributed by atoms with Crippen molar-refractivity contribution in [3.8, 4) is 22.3 Å². The van der Waals surface area contributed by atoms with Crippen LogP contribution in [0.2, 0.25) is 0 Å². The molecule has 252 valence electrons. The molecule has 4 aromatic carbocycles. The highest BCUT2D eigenvalue weighted by Gasteiger charge is 2.25. The molecule has 1 heteroatoms. The molecular formula is C47H58O. The van der Waals surface area contributed by atoms with Gasteiger partial charge >= 0.3 is 0 Å². The average Bonchev–Trinajstić information content (AvgIpc) is 3.15. The Balaban J connectivity index is 0.863. The SMILES string of the molecule is CCCc1ccc(-c2ccc(C3CCC(CCC(=O)CC[C@H]4CC[C@H](c5ccc(-c6ccc(CCC)cc6)cc5)CC4)CC3)cc2)cc1. The summed E-state index contributed by atoms with van der Waals surface area (Å²) in [4.78, 5) is 12.9. The Morgan fingerprint density at radius 3 is 1.08 bits per heavy atom. The first-order valence-electron chi connectivity index (χ1n) is 19.5. The fourth-order valence-corrected chi connectivity index (χ4v) is 8.62. The molecule has 0 N–H and O–H groups in total. The number of benzene rings is 4. The highest BCUT2D eigenvalue weighted by Crippen LogP contribution is 2.40. The summed E-state index contributed by atoms with van der Waals surface area (Å²) in [6.45, 7) is 4.47. The molecule has 0 radical (unpaired) electrons. The lowest BCUT2D eigenvalue weighted by Crippen LogP contribution is -2.16. The lowest BCUT2D eigenvalue weighted by atomic mass is 9.76. The Hall–Kier alpha value is -3.45. The van der Waals surface area contributed by atoms with Gasteiger partial charge in [0.25, 0.3) is 0 Å². The van der Waals surface area contributed by atoms with E-state index in [-0.39, 0.29) is 0 Å². The van der Waals surface area contributed by atoms with E-state index >= 15 is 0 Å². The lowest BCUT2D eigenvalue weighted by Gasteiger charge is -2.29. The number of hydrogen-bond donors (Lipinski definition) is 0. The van der Waals surface area contributed by atoms with E-state index in [9.17, 15) is 4.79 Å². The highest BCUT2D eigenvalue weighted by molar-refractivity contribution is 5.78. The molecule has 2 aliphatic rings. The van der Waals surface area contributed by atoms with Gasteiger partial charge in [-0.1, -0.05) is 124 Å². The number of hydrogen-bond acceptors (Lipinski definition) is 1. The number of rotatable bonds is 14. The molecule has 2 aliphatic carbocycles. The van der Waals surface area contributed by atoms with E-state index in [1.54, 1.807) is 0 Å². The minimum atomic E-state index is 0.510. The Kier molecular flexibility index (Phi) is 12.4. The van der Waals surface area contributed by atoms with Crippen LogP contribution in [0.3, 0.4) is 0 Å². The molecule has 0 amide bonds.